The summed E-state index contributed by atoms with van der Waals surface area (Å²) in [5.74, 6) is -0.706. The Kier molecular flexibility index (Phi) is 4.78. The second kappa shape index (κ2) is 6.20. The molecule has 4 nitrogen and oxygen atoms in total. The maximum Gasteiger partial charge on any atom is 0.313 e. The number of carboxylic acids is 1. The van der Waals surface area contributed by atoms with E-state index in [4.69, 9.17) is 5.11 Å². The highest BCUT2D eigenvalue weighted by molar-refractivity contribution is 7.99. The summed E-state index contributed by atoms with van der Waals surface area (Å²) in [5.41, 5.74) is 1.59. The minimum atomic E-state index is -0.786. The van der Waals surface area contributed by atoms with Gasteiger partial charge in [0.25, 0.3) is 0 Å². The van der Waals surface area contributed by atoms with Crippen molar-refractivity contribution in [1.29, 1.82) is 0 Å². The summed E-state index contributed by atoms with van der Waals surface area (Å²) in [6.45, 7) is 6.78. The van der Waals surface area contributed by atoms with E-state index in [1.807, 2.05) is 6.20 Å². The Morgan fingerprint density at radius 2 is 2.35 bits per heavy atom. The van der Waals surface area contributed by atoms with Crippen molar-refractivity contribution in [2.24, 2.45) is 5.41 Å². The van der Waals surface area contributed by atoms with Gasteiger partial charge >= 0.3 is 5.97 Å². The normalized spacial score (nSPS) is 21.9. The first-order valence-electron chi connectivity index (χ1n) is 7.33. The van der Waals surface area contributed by atoms with Gasteiger partial charge < -0.3 is 9.67 Å². The molecule has 0 amide bonds. The Bertz CT molecular complexity index is 482. The molecule has 1 saturated carbocycles. The standard InChI is InChI=1S/C15H24N2O2S/c1-4-11-9-16-14(20-10-13(18)19)17(11)12-6-5-7-15(2,3)8-12/h9,12H,4-8,10H2,1-3H3,(H,18,19). The van der Waals surface area contributed by atoms with Gasteiger partial charge in [0.2, 0.25) is 0 Å². The fourth-order valence-corrected chi connectivity index (χ4v) is 3.93. The molecule has 1 aromatic rings. The van der Waals surface area contributed by atoms with Gasteiger partial charge in [0.15, 0.2) is 5.16 Å². The first kappa shape index (κ1) is 15.4. The van der Waals surface area contributed by atoms with Gasteiger partial charge in [0, 0.05) is 17.9 Å². The summed E-state index contributed by atoms with van der Waals surface area (Å²) in [6, 6.07) is 0.465. The highest BCUT2D eigenvalue weighted by Crippen LogP contribution is 2.42. The lowest BCUT2D eigenvalue weighted by Crippen LogP contribution is -2.26. The van der Waals surface area contributed by atoms with E-state index in [1.165, 1.54) is 36.7 Å². The SMILES string of the molecule is CCc1cnc(SCC(=O)O)n1C1CCCC(C)(C)C1. The molecule has 1 N–H and O–H groups in total. The summed E-state index contributed by atoms with van der Waals surface area (Å²) in [6.07, 6.45) is 7.69. The molecule has 0 spiro atoms. The number of aliphatic carboxylic acids is 1. The predicted octanol–water partition coefficient (Wildman–Crippen LogP) is 3.76. The Labute approximate surface area is 125 Å². The van der Waals surface area contributed by atoms with E-state index in [0.29, 0.717) is 11.5 Å². The molecule has 112 valence electrons. The highest BCUT2D eigenvalue weighted by atomic mass is 32.2. The Morgan fingerprint density at radius 1 is 1.60 bits per heavy atom. The zero-order chi connectivity index (χ0) is 14.8. The molecule has 1 heterocycles. The van der Waals surface area contributed by atoms with Crippen LogP contribution in [0.1, 0.15) is 58.2 Å². The van der Waals surface area contributed by atoms with Gasteiger partial charge in [-0.3, -0.25) is 4.79 Å². The lowest BCUT2D eigenvalue weighted by Gasteiger charge is -2.37. The average molecular weight is 296 g/mol. The van der Waals surface area contributed by atoms with Crippen molar-refractivity contribution in [2.45, 2.75) is 64.1 Å². The molecule has 0 aliphatic heterocycles. The zero-order valence-corrected chi connectivity index (χ0v) is 13.4. The topological polar surface area (TPSA) is 55.1 Å². The zero-order valence-electron chi connectivity index (χ0n) is 12.6. The van der Waals surface area contributed by atoms with E-state index in [1.54, 1.807) is 0 Å². The smallest absolute Gasteiger partial charge is 0.313 e. The minimum Gasteiger partial charge on any atom is -0.481 e. The molecule has 0 bridgehead atoms. The predicted molar refractivity (Wildman–Crippen MR) is 81.3 cm³/mol. The molecule has 0 saturated heterocycles. The molecule has 1 aromatic heterocycles. The third kappa shape index (κ3) is 3.57. The molecule has 1 aliphatic carbocycles. The Hall–Kier alpha value is -0.970. The van der Waals surface area contributed by atoms with Gasteiger partial charge in [-0.2, -0.15) is 0 Å². The third-order valence-corrected chi connectivity index (χ3v) is 5.02. The van der Waals surface area contributed by atoms with Crippen LogP contribution in [0.3, 0.4) is 0 Å². The fourth-order valence-electron chi connectivity index (χ4n) is 3.14. The van der Waals surface area contributed by atoms with E-state index < -0.39 is 5.97 Å². The quantitative estimate of drug-likeness (QED) is 0.840. The molecule has 0 aromatic carbocycles. The van der Waals surface area contributed by atoms with Crippen molar-refractivity contribution in [2.75, 3.05) is 5.75 Å². The number of imidazole rings is 1. The van der Waals surface area contributed by atoms with Crippen LogP contribution in [0.4, 0.5) is 0 Å². The molecule has 2 rings (SSSR count). The molecule has 5 heteroatoms. The Morgan fingerprint density at radius 3 is 2.95 bits per heavy atom. The fraction of sp³-hybridized carbons (Fsp3) is 0.733. The van der Waals surface area contributed by atoms with E-state index in [9.17, 15) is 4.79 Å². The van der Waals surface area contributed by atoms with Crippen LogP contribution in [0.15, 0.2) is 11.4 Å². The summed E-state index contributed by atoms with van der Waals surface area (Å²) in [7, 11) is 0. The van der Waals surface area contributed by atoms with E-state index in [0.717, 1.165) is 18.0 Å². The molecular formula is C15H24N2O2S. The number of hydrogen-bond acceptors (Lipinski definition) is 3. The van der Waals surface area contributed by atoms with Crippen LogP contribution >= 0.6 is 11.8 Å². The number of carbonyl (C=O) groups is 1. The van der Waals surface area contributed by atoms with Crippen molar-refractivity contribution in [3.05, 3.63) is 11.9 Å². The van der Waals surface area contributed by atoms with Crippen molar-refractivity contribution >= 4 is 17.7 Å². The Balaban J connectivity index is 2.23. The maximum atomic E-state index is 10.8. The summed E-state index contributed by atoms with van der Waals surface area (Å²) < 4.78 is 2.30. The molecule has 1 unspecified atom stereocenters. The third-order valence-electron chi connectivity index (χ3n) is 4.07. The van der Waals surface area contributed by atoms with Crippen molar-refractivity contribution < 1.29 is 9.90 Å². The number of hydrogen-bond donors (Lipinski definition) is 1. The summed E-state index contributed by atoms with van der Waals surface area (Å²) >= 11 is 1.34. The first-order valence-corrected chi connectivity index (χ1v) is 8.32. The number of aryl methyl sites for hydroxylation is 1. The molecule has 1 fully saturated rings. The van der Waals surface area contributed by atoms with Gasteiger partial charge in [-0.1, -0.05) is 39.0 Å². The van der Waals surface area contributed by atoms with Crippen LogP contribution in [0.25, 0.3) is 0 Å². The molecule has 1 aliphatic rings. The average Bonchev–Trinajstić information content (AvgIpc) is 2.78. The molecule has 0 radical (unpaired) electrons. The van der Waals surface area contributed by atoms with E-state index >= 15 is 0 Å². The molecule has 1 atom stereocenters. The van der Waals surface area contributed by atoms with Crippen molar-refractivity contribution in [3.8, 4) is 0 Å². The lowest BCUT2D eigenvalue weighted by atomic mass is 9.75. The summed E-state index contributed by atoms with van der Waals surface area (Å²) in [5, 5.41) is 9.73. The first-order chi connectivity index (χ1) is 9.43. The number of carboxylic acid groups (broad SMARTS) is 1. The van der Waals surface area contributed by atoms with Gasteiger partial charge in [-0.15, -0.1) is 0 Å². The van der Waals surface area contributed by atoms with E-state index in [-0.39, 0.29) is 5.75 Å². The molecular weight excluding hydrogens is 272 g/mol. The van der Waals surface area contributed by atoms with Crippen LogP contribution in [0.2, 0.25) is 0 Å². The van der Waals surface area contributed by atoms with Crippen molar-refractivity contribution in [3.63, 3.8) is 0 Å². The van der Waals surface area contributed by atoms with Gasteiger partial charge in [-0.05, 0) is 31.1 Å². The number of rotatable bonds is 5. The largest absolute Gasteiger partial charge is 0.481 e. The van der Waals surface area contributed by atoms with Crippen LogP contribution < -0.4 is 0 Å². The lowest BCUT2D eigenvalue weighted by molar-refractivity contribution is -0.133. The van der Waals surface area contributed by atoms with Gasteiger partial charge in [0.05, 0.1) is 5.75 Å². The maximum absolute atomic E-state index is 10.8. The molecule has 20 heavy (non-hydrogen) atoms. The number of nitrogens with zero attached hydrogens (tertiary/aromatic N) is 2. The van der Waals surface area contributed by atoms with Gasteiger partial charge in [0.1, 0.15) is 0 Å². The van der Waals surface area contributed by atoms with Crippen LogP contribution in [0.5, 0.6) is 0 Å². The second-order valence-electron chi connectivity index (χ2n) is 6.35. The second-order valence-corrected chi connectivity index (χ2v) is 7.29. The summed E-state index contributed by atoms with van der Waals surface area (Å²) in [4.78, 5) is 15.2. The van der Waals surface area contributed by atoms with Gasteiger partial charge in [-0.25, -0.2) is 4.98 Å². The van der Waals surface area contributed by atoms with Crippen LogP contribution in [0, 0.1) is 5.41 Å². The van der Waals surface area contributed by atoms with E-state index in [2.05, 4.69) is 30.3 Å². The van der Waals surface area contributed by atoms with Crippen molar-refractivity contribution in [1.82, 2.24) is 9.55 Å². The highest BCUT2D eigenvalue weighted by Gasteiger charge is 2.31. The monoisotopic (exact) mass is 296 g/mol. The minimum absolute atomic E-state index is 0.0796. The number of thioether (sulfide) groups is 1. The van der Waals surface area contributed by atoms with Crippen LogP contribution in [-0.2, 0) is 11.2 Å². The van der Waals surface area contributed by atoms with Crippen LogP contribution in [-0.4, -0.2) is 26.4 Å². The number of aromatic nitrogens is 2.